The molecule has 1 nitrogen and oxygen atoms in total. The molecule has 5 aromatic rings. The SMILES string of the molecule is C1=c2oc3ccccc3c2=C(c2cccc3c2sc2ccccc23)CC1. The van der Waals surface area contributed by atoms with Crippen molar-refractivity contribution in [1.29, 1.82) is 0 Å². The topological polar surface area (TPSA) is 13.1 Å². The van der Waals surface area contributed by atoms with Crippen molar-refractivity contribution in [3.8, 4) is 0 Å². The standard InChI is InChI=1S/C24H16OS/c1-3-12-20-19(8-1)23-16(9-6-13-21(23)25-20)18-11-5-10-17-15-7-2-4-14-22(15)26-24(17)18/h1-5,7-8,10-14H,6,9H2. The molecule has 0 spiro atoms. The number of thiophene rings is 1. The van der Waals surface area contributed by atoms with Crippen LogP contribution in [0.1, 0.15) is 18.4 Å². The van der Waals surface area contributed by atoms with Crippen LogP contribution in [0.4, 0.5) is 0 Å². The van der Waals surface area contributed by atoms with Crippen molar-refractivity contribution in [2.24, 2.45) is 0 Å². The van der Waals surface area contributed by atoms with E-state index in [1.54, 1.807) is 0 Å². The van der Waals surface area contributed by atoms with E-state index in [2.05, 4.69) is 66.7 Å². The summed E-state index contributed by atoms with van der Waals surface area (Å²) in [6.45, 7) is 0. The van der Waals surface area contributed by atoms with Crippen LogP contribution in [0.25, 0.3) is 42.8 Å². The van der Waals surface area contributed by atoms with Gasteiger partial charge in [-0.25, -0.2) is 0 Å². The first-order valence-electron chi connectivity index (χ1n) is 9.02. The van der Waals surface area contributed by atoms with Crippen molar-refractivity contribution in [2.45, 2.75) is 12.8 Å². The van der Waals surface area contributed by atoms with E-state index in [0.717, 1.165) is 23.8 Å². The summed E-state index contributed by atoms with van der Waals surface area (Å²) in [5.74, 6) is 0. The zero-order valence-corrected chi connectivity index (χ0v) is 15.0. The van der Waals surface area contributed by atoms with E-state index in [1.165, 1.54) is 41.9 Å². The molecule has 0 bridgehead atoms. The van der Waals surface area contributed by atoms with Gasteiger partial charge in [-0.3, -0.25) is 0 Å². The number of rotatable bonds is 1. The highest BCUT2D eigenvalue weighted by Crippen LogP contribution is 2.38. The van der Waals surface area contributed by atoms with Crippen LogP contribution in [0, 0.1) is 0 Å². The van der Waals surface area contributed by atoms with Gasteiger partial charge in [-0.1, -0.05) is 54.6 Å². The van der Waals surface area contributed by atoms with Crippen molar-refractivity contribution < 1.29 is 4.42 Å². The van der Waals surface area contributed by atoms with Gasteiger partial charge in [0, 0.05) is 30.8 Å². The van der Waals surface area contributed by atoms with Gasteiger partial charge in [0.1, 0.15) is 11.0 Å². The highest BCUT2D eigenvalue weighted by atomic mass is 32.1. The molecular weight excluding hydrogens is 336 g/mol. The Labute approximate surface area is 154 Å². The molecule has 6 rings (SSSR count). The Balaban J connectivity index is 1.81. The molecule has 3 aromatic carbocycles. The van der Waals surface area contributed by atoms with Crippen molar-refractivity contribution in [2.75, 3.05) is 0 Å². The Morgan fingerprint density at radius 2 is 1.58 bits per heavy atom. The molecule has 0 fully saturated rings. The molecule has 0 N–H and O–H groups in total. The number of fused-ring (bicyclic) bond motifs is 6. The molecule has 1 aliphatic carbocycles. The van der Waals surface area contributed by atoms with Gasteiger partial charge in [0.15, 0.2) is 0 Å². The minimum Gasteiger partial charge on any atom is -0.456 e. The summed E-state index contributed by atoms with van der Waals surface area (Å²) in [5.41, 5.74) is 4.80. The minimum atomic E-state index is 0.983. The molecule has 1 aliphatic rings. The lowest BCUT2D eigenvalue weighted by atomic mass is 9.93. The molecule has 0 saturated heterocycles. The summed E-state index contributed by atoms with van der Waals surface area (Å²) >= 11 is 1.90. The zero-order chi connectivity index (χ0) is 17.1. The largest absolute Gasteiger partial charge is 0.456 e. The van der Waals surface area contributed by atoms with Gasteiger partial charge in [-0.05, 0) is 42.2 Å². The van der Waals surface area contributed by atoms with Gasteiger partial charge < -0.3 is 4.42 Å². The molecule has 0 unspecified atom stereocenters. The molecule has 2 heterocycles. The number of benzene rings is 3. The van der Waals surface area contributed by atoms with E-state index in [-0.39, 0.29) is 0 Å². The fourth-order valence-electron chi connectivity index (χ4n) is 4.25. The molecule has 0 amide bonds. The van der Waals surface area contributed by atoms with Crippen molar-refractivity contribution in [1.82, 2.24) is 0 Å². The molecule has 0 aliphatic heterocycles. The molecule has 0 saturated carbocycles. The Morgan fingerprint density at radius 3 is 2.54 bits per heavy atom. The molecule has 0 radical (unpaired) electrons. The van der Waals surface area contributed by atoms with Crippen molar-refractivity contribution in [3.63, 3.8) is 0 Å². The van der Waals surface area contributed by atoms with Gasteiger partial charge in [-0.15, -0.1) is 11.3 Å². The van der Waals surface area contributed by atoms with Crippen LogP contribution >= 0.6 is 11.3 Å². The predicted molar refractivity (Wildman–Crippen MR) is 111 cm³/mol. The maximum absolute atomic E-state index is 6.14. The van der Waals surface area contributed by atoms with E-state index in [1.807, 2.05) is 17.4 Å². The molecule has 124 valence electrons. The van der Waals surface area contributed by atoms with Gasteiger partial charge in [0.25, 0.3) is 0 Å². The second kappa shape index (κ2) is 5.33. The number of furan rings is 1. The monoisotopic (exact) mass is 352 g/mol. The summed E-state index contributed by atoms with van der Waals surface area (Å²) < 4.78 is 8.89. The third-order valence-corrected chi connectivity index (χ3v) is 6.60. The predicted octanol–water partition coefficient (Wildman–Crippen LogP) is 5.57. The molecule has 0 atom stereocenters. The zero-order valence-electron chi connectivity index (χ0n) is 14.2. The lowest BCUT2D eigenvalue weighted by Crippen LogP contribution is -2.26. The van der Waals surface area contributed by atoms with Crippen molar-refractivity contribution in [3.05, 3.63) is 82.9 Å². The fourth-order valence-corrected chi connectivity index (χ4v) is 5.49. The van der Waals surface area contributed by atoms with Gasteiger partial charge in [0.05, 0.1) is 0 Å². The number of para-hydroxylation sites is 1. The Kier molecular flexibility index (Phi) is 2.94. The minimum absolute atomic E-state index is 0.983. The van der Waals surface area contributed by atoms with Crippen LogP contribution < -0.4 is 10.6 Å². The summed E-state index contributed by atoms with van der Waals surface area (Å²) in [4.78, 5) is 0. The molecule has 26 heavy (non-hydrogen) atoms. The maximum Gasteiger partial charge on any atom is 0.135 e. The Morgan fingerprint density at radius 1 is 0.769 bits per heavy atom. The lowest BCUT2D eigenvalue weighted by Gasteiger charge is -2.10. The van der Waals surface area contributed by atoms with E-state index >= 15 is 0 Å². The van der Waals surface area contributed by atoms with Crippen LogP contribution in [-0.4, -0.2) is 0 Å². The Bertz CT molecular complexity index is 1430. The van der Waals surface area contributed by atoms with Crippen molar-refractivity contribution >= 4 is 54.1 Å². The summed E-state index contributed by atoms with van der Waals surface area (Å²) in [5, 5.41) is 5.23. The maximum atomic E-state index is 6.14. The highest BCUT2D eigenvalue weighted by molar-refractivity contribution is 7.26. The summed E-state index contributed by atoms with van der Waals surface area (Å²) in [6.07, 6.45) is 4.33. The molecular formula is C24H16OS. The van der Waals surface area contributed by atoms with Crippen LogP contribution in [0.15, 0.2) is 71.1 Å². The lowest BCUT2D eigenvalue weighted by molar-refractivity contribution is 0.571. The first kappa shape index (κ1) is 14.3. The van der Waals surface area contributed by atoms with Gasteiger partial charge in [0.2, 0.25) is 0 Å². The third kappa shape index (κ3) is 1.91. The fraction of sp³-hybridized carbons (Fsp3) is 0.0833. The smallest absolute Gasteiger partial charge is 0.135 e. The van der Waals surface area contributed by atoms with E-state index in [9.17, 15) is 0 Å². The average Bonchev–Trinajstić information content (AvgIpc) is 3.26. The summed E-state index contributed by atoms with van der Waals surface area (Å²) in [7, 11) is 0. The number of hydrogen-bond acceptors (Lipinski definition) is 2. The van der Waals surface area contributed by atoms with E-state index in [0.29, 0.717) is 0 Å². The second-order valence-electron chi connectivity index (χ2n) is 6.84. The summed E-state index contributed by atoms with van der Waals surface area (Å²) in [6, 6.07) is 23.8. The molecule has 2 heteroatoms. The van der Waals surface area contributed by atoms with Gasteiger partial charge >= 0.3 is 0 Å². The van der Waals surface area contributed by atoms with Crippen LogP contribution in [0.2, 0.25) is 0 Å². The average molecular weight is 352 g/mol. The quantitative estimate of drug-likeness (QED) is 0.384. The van der Waals surface area contributed by atoms with Crippen LogP contribution in [0.3, 0.4) is 0 Å². The normalized spacial score (nSPS) is 14.1. The van der Waals surface area contributed by atoms with E-state index < -0.39 is 0 Å². The van der Waals surface area contributed by atoms with E-state index in [4.69, 9.17) is 4.42 Å². The highest BCUT2D eigenvalue weighted by Gasteiger charge is 2.17. The molecule has 2 aromatic heterocycles. The van der Waals surface area contributed by atoms with Crippen LogP contribution in [0.5, 0.6) is 0 Å². The first-order chi connectivity index (χ1) is 12.9. The Hall–Kier alpha value is -2.84. The second-order valence-corrected chi connectivity index (χ2v) is 7.89. The number of hydrogen-bond donors (Lipinski definition) is 0. The third-order valence-electron chi connectivity index (χ3n) is 5.38. The van der Waals surface area contributed by atoms with Crippen LogP contribution in [-0.2, 0) is 0 Å². The first-order valence-corrected chi connectivity index (χ1v) is 9.83. The van der Waals surface area contributed by atoms with Gasteiger partial charge in [-0.2, -0.15) is 0 Å².